The molecule has 2 aromatic rings. The van der Waals surface area contributed by atoms with Gasteiger partial charge >= 0.3 is 0 Å². The minimum absolute atomic E-state index is 0.0383. The van der Waals surface area contributed by atoms with Crippen molar-refractivity contribution in [2.24, 2.45) is 4.99 Å². The van der Waals surface area contributed by atoms with Gasteiger partial charge < -0.3 is 19.9 Å². The number of carbonyl (C=O) groups excluding carboxylic acids is 1. The third-order valence-electron chi connectivity index (χ3n) is 5.26. The normalized spacial score (nSPS) is 19.3. The number of guanidine groups is 1. The summed E-state index contributed by atoms with van der Waals surface area (Å²) in [5.74, 6) is 0.533. The average Bonchev–Trinajstić information content (AvgIpc) is 2.75. The van der Waals surface area contributed by atoms with E-state index in [1.165, 1.54) is 12.1 Å². The fraction of sp³-hybridized carbons (Fsp3) is 0.417. The van der Waals surface area contributed by atoms with Gasteiger partial charge in [-0.15, -0.1) is 0 Å². The maximum atomic E-state index is 13.1. The average molecular weight is 427 g/mol. The molecule has 1 heterocycles. The topological polar surface area (TPSA) is 57.2 Å². The van der Waals surface area contributed by atoms with E-state index in [0.29, 0.717) is 31.7 Å². The van der Waals surface area contributed by atoms with Crippen LogP contribution < -0.4 is 5.32 Å². The number of benzene rings is 2. The number of nitrogens with zero attached hydrogens (tertiary/aromatic N) is 3. The van der Waals surface area contributed by atoms with E-state index in [1.54, 1.807) is 19.2 Å². The van der Waals surface area contributed by atoms with Crippen LogP contribution in [0, 0.1) is 5.82 Å². The third kappa shape index (κ3) is 6.28. The highest BCUT2D eigenvalue weighted by Gasteiger charge is 2.26. The maximum Gasteiger partial charge on any atom is 0.254 e. The summed E-state index contributed by atoms with van der Waals surface area (Å²) in [7, 11) is 3.67. The smallest absolute Gasteiger partial charge is 0.254 e. The summed E-state index contributed by atoms with van der Waals surface area (Å²) in [5, 5.41) is 3.33. The summed E-state index contributed by atoms with van der Waals surface area (Å²) in [5.41, 5.74) is 2.74. The van der Waals surface area contributed by atoms with Crippen LogP contribution in [0.15, 0.2) is 53.5 Å². The second kappa shape index (κ2) is 10.4. The second-order valence-corrected chi connectivity index (χ2v) is 8.05. The Balaban J connectivity index is 1.55. The van der Waals surface area contributed by atoms with Gasteiger partial charge in [-0.05, 0) is 49.2 Å². The van der Waals surface area contributed by atoms with E-state index in [1.807, 2.05) is 55.0 Å². The molecular formula is C24H31FN4O2. The molecule has 1 aliphatic rings. The number of halogens is 1. The van der Waals surface area contributed by atoms with E-state index in [9.17, 15) is 9.18 Å². The van der Waals surface area contributed by atoms with Crippen LogP contribution in [-0.2, 0) is 17.8 Å². The van der Waals surface area contributed by atoms with E-state index < -0.39 is 0 Å². The Morgan fingerprint density at radius 1 is 1.10 bits per heavy atom. The first-order chi connectivity index (χ1) is 14.9. The Bertz CT molecular complexity index is 889. The summed E-state index contributed by atoms with van der Waals surface area (Å²) in [6.45, 7) is 6.41. The molecule has 0 bridgehead atoms. The first kappa shape index (κ1) is 22.7. The molecule has 0 spiro atoms. The molecule has 0 aliphatic carbocycles. The zero-order valence-electron chi connectivity index (χ0n) is 18.6. The molecule has 0 saturated carbocycles. The predicted octanol–water partition coefficient (Wildman–Crippen LogP) is 3.28. The molecule has 3 rings (SSSR count). The lowest BCUT2D eigenvalue weighted by Crippen LogP contribution is -2.48. The van der Waals surface area contributed by atoms with Gasteiger partial charge in [0.15, 0.2) is 5.96 Å². The summed E-state index contributed by atoms with van der Waals surface area (Å²) in [4.78, 5) is 21.0. The Hall–Kier alpha value is -2.93. The highest BCUT2D eigenvalue weighted by molar-refractivity contribution is 5.94. The van der Waals surface area contributed by atoms with Crippen molar-refractivity contribution in [3.63, 3.8) is 0 Å². The molecular weight excluding hydrogens is 395 g/mol. The number of nitrogens with one attached hydrogen (secondary N) is 1. The number of amides is 1. The highest BCUT2D eigenvalue weighted by atomic mass is 19.1. The summed E-state index contributed by atoms with van der Waals surface area (Å²) >= 11 is 0. The molecule has 1 saturated heterocycles. The van der Waals surface area contributed by atoms with Crippen LogP contribution in [0.4, 0.5) is 4.39 Å². The lowest BCUT2D eigenvalue weighted by Gasteiger charge is -2.35. The molecule has 2 atom stereocenters. The first-order valence-corrected chi connectivity index (χ1v) is 10.6. The highest BCUT2D eigenvalue weighted by Crippen LogP contribution is 2.15. The van der Waals surface area contributed by atoms with Crippen LogP contribution >= 0.6 is 0 Å². The first-order valence-electron chi connectivity index (χ1n) is 10.6. The van der Waals surface area contributed by atoms with Gasteiger partial charge in [0.05, 0.1) is 12.2 Å². The third-order valence-corrected chi connectivity index (χ3v) is 5.26. The Kier molecular flexibility index (Phi) is 7.63. The van der Waals surface area contributed by atoms with E-state index in [2.05, 4.69) is 10.3 Å². The van der Waals surface area contributed by atoms with Gasteiger partial charge in [-0.1, -0.05) is 24.3 Å². The summed E-state index contributed by atoms with van der Waals surface area (Å²) < 4.78 is 18.8. The zero-order chi connectivity index (χ0) is 22.4. The number of hydrogen-bond donors (Lipinski definition) is 1. The van der Waals surface area contributed by atoms with Crippen LogP contribution in [0.1, 0.15) is 35.3 Å². The summed E-state index contributed by atoms with van der Waals surface area (Å²) in [6.07, 6.45) is 0.102. The lowest BCUT2D eigenvalue weighted by atomic mass is 10.1. The van der Waals surface area contributed by atoms with Crippen LogP contribution in [0.3, 0.4) is 0 Å². The fourth-order valence-electron chi connectivity index (χ4n) is 3.80. The van der Waals surface area contributed by atoms with Crippen LogP contribution in [0.25, 0.3) is 0 Å². The van der Waals surface area contributed by atoms with E-state index >= 15 is 0 Å². The Morgan fingerprint density at radius 3 is 2.26 bits per heavy atom. The molecule has 6 nitrogen and oxygen atoms in total. The molecule has 31 heavy (non-hydrogen) atoms. The van der Waals surface area contributed by atoms with Crippen LogP contribution in [-0.4, -0.2) is 61.1 Å². The van der Waals surface area contributed by atoms with Gasteiger partial charge in [0, 0.05) is 45.8 Å². The molecule has 7 heteroatoms. The molecule has 2 unspecified atom stereocenters. The Labute approximate surface area is 183 Å². The number of ether oxygens (including phenoxy) is 1. The van der Waals surface area contributed by atoms with Gasteiger partial charge in [-0.2, -0.15) is 0 Å². The van der Waals surface area contributed by atoms with Crippen molar-refractivity contribution in [3.05, 3.63) is 71.0 Å². The number of hydrogen-bond acceptors (Lipinski definition) is 3. The predicted molar refractivity (Wildman–Crippen MR) is 120 cm³/mol. The molecule has 1 fully saturated rings. The summed E-state index contributed by atoms with van der Waals surface area (Å²) in [6, 6.07) is 14.1. The van der Waals surface area contributed by atoms with E-state index in [-0.39, 0.29) is 23.9 Å². The van der Waals surface area contributed by atoms with Gasteiger partial charge in [0.1, 0.15) is 5.82 Å². The maximum absolute atomic E-state index is 13.1. The van der Waals surface area contributed by atoms with Gasteiger partial charge in [-0.3, -0.25) is 9.79 Å². The quantitative estimate of drug-likeness (QED) is 0.589. The molecule has 1 amide bonds. The van der Waals surface area contributed by atoms with Crippen LogP contribution in [0.5, 0.6) is 0 Å². The molecule has 1 aliphatic heterocycles. The fourth-order valence-corrected chi connectivity index (χ4v) is 3.80. The van der Waals surface area contributed by atoms with Gasteiger partial charge in [-0.25, -0.2) is 4.39 Å². The van der Waals surface area contributed by atoms with Gasteiger partial charge in [0.25, 0.3) is 5.91 Å². The second-order valence-electron chi connectivity index (χ2n) is 8.05. The number of carbonyl (C=O) groups is 1. The Morgan fingerprint density at radius 2 is 1.68 bits per heavy atom. The minimum Gasteiger partial charge on any atom is -0.372 e. The molecule has 0 radical (unpaired) electrons. The van der Waals surface area contributed by atoms with Crippen molar-refractivity contribution in [2.75, 3.05) is 27.2 Å². The lowest BCUT2D eigenvalue weighted by molar-refractivity contribution is -0.0586. The number of morpholine rings is 1. The molecule has 1 N–H and O–H groups in total. The van der Waals surface area contributed by atoms with Crippen molar-refractivity contribution in [2.45, 2.75) is 39.1 Å². The molecule has 2 aromatic carbocycles. The zero-order valence-corrected chi connectivity index (χ0v) is 18.6. The van der Waals surface area contributed by atoms with Crippen molar-refractivity contribution in [3.8, 4) is 0 Å². The monoisotopic (exact) mass is 426 g/mol. The van der Waals surface area contributed by atoms with Crippen molar-refractivity contribution in [1.29, 1.82) is 0 Å². The van der Waals surface area contributed by atoms with Crippen molar-refractivity contribution >= 4 is 11.9 Å². The number of aliphatic imine (C=N–C) groups is 1. The van der Waals surface area contributed by atoms with E-state index in [4.69, 9.17) is 4.74 Å². The van der Waals surface area contributed by atoms with Crippen molar-refractivity contribution in [1.82, 2.24) is 15.1 Å². The number of rotatable bonds is 5. The molecule has 0 aromatic heterocycles. The van der Waals surface area contributed by atoms with Crippen LogP contribution in [0.2, 0.25) is 0 Å². The van der Waals surface area contributed by atoms with Crippen molar-refractivity contribution < 1.29 is 13.9 Å². The minimum atomic E-state index is -0.242. The standard InChI is InChI=1S/C24H31FN4O2/c1-17-14-29(15-18(2)31-17)23(30)21-9-5-19(6-10-21)13-27-24(26-3)28(4)16-20-7-11-22(25)12-8-20/h5-12,17-18H,13-16H2,1-4H3,(H,26,27). The van der Waals surface area contributed by atoms with E-state index in [0.717, 1.165) is 17.1 Å². The van der Waals surface area contributed by atoms with Gasteiger partial charge in [0.2, 0.25) is 0 Å². The molecule has 166 valence electrons. The SMILES string of the molecule is CN=C(NCc1ccc(C(=O)N2CC(C)OC(C)C2)cc1)N(C)Cc1ccc(F)cc1. The largest absolute Gasteiger partial charge is 0.372 e.